The number of amides is 2. The number of benzene rings is 3. The third kappa shape index (κ3) is 9.15. The molecule has 0 radical (unpaired) electrons. The van der Waals surface area contributed by atoms with Crippen molar-refractivity contribution in [1.82, 2.24) is 4.90 Å². The van der Waals surface area contributed by atoms with E-state index in [1.807, 2.05) is 66.7 Å². The Morgan fingerprint density at radius 2 is 1.83 bits per heavy atom. The highest BCUT2D eigenvalue weighted by Gasteiger charge is 2.33. The molecule has 3 aromatic rings. The number of piperidine rings is 1. The van der Waals surface area contributed by atoms with Gasteiger partial charge in [-0.25, -0.2) is 4.79 Å². The summed E-state index contributed by atoms with van der Waals surface area (Å²) >= 11 is 0. The largest absolute Gasteiger partial charge is 0.496 e. The minimum atomic E-state index is -0.962. The summed E-state index contributed by atoms with van der Waals surface area (Å²) in [6.45, 7) is 3.05. The van der Waals surface area contributed by atoms with E-state index >= 15 is 0 Å². The van der Waals surface area contributed by atoms with Crippen LogP contribution < -0.4 is 19.1 Å². The molecule has 2 aliphatic heterocycles. The van der Waals surface area contributed by atoms with Gasteiger partial charge in [-0.05, 0) is 60.7 Å². The molecule has 0 aliphatic carbocycles. The molecule has 1 fully saturated rings. The fourth-order valence-electron chi connectivity index (χ4n) is 5.97. The van der Waals surface area contributed by atoms with Crippen LogP contribution in [0.25, 0.3) is 0 Å². The molecule has 2 aliphatic rings. The number of rotatable bonds is 16. The number of aliphatic hydroxyl groups is 1. The average Bonchev–Trinajstić information content (AvgIpc) is 3.10. The van der Waals surface area contributed by atoms with Gasteiger partial charge < -0.3 is 43.7 Å². The topological polar surface area (TPSA) is 127 Å². The number of ether oxygens (including phenoxy) is 5. The summed E-state index contributed by atoms with van der Waals surface area (Å²) < 4.78 is 29.2. The van der Waals surface area contributed by atoms with E-state index in [1.54, 1.807) is 12.0 Å². The maximum atomic E-state index is 12.6. The zero-order chi connectivity index (χ0) is 33.0. The van der Waals surface area contributed by atoms with Crippen LogP contribution in [-0.2, 0) is 27.5 Å². The highest BCUT2D eigenvalue weighted by atomic mass is 16.5. The van der Waals surface area contributed by atoms with Crippen LogP contribution in [0.4, 0.5) is 10.5 Å². The van der Waals surface area contributed by atoms with E-state index in [0.29, 0.717) is 63.6 Å². The van der Waals surface area contributed by atoms with Crippen molar-refractivity contribution >= 4 is 17.7 Å². The number of hydrogen-bond donors (Lipinski definition) is 2. The molecule has 47 heavy (non-hydrogen) atoms. The van der Waals surface area contributed by atoms with Gasteiger partial charge in [0, 0.05) is 37.6 Å². The molecular formula is C36H44N2O9. The van der Waals surface area contributed by atoms with Crippen molar-refractivity contribution in [3.63, 3.8) is 0 Å². The Bertz CT molecular complexity index is 1470. The van der Waals surface area contributed by atoms with Gasteiger partial charge in [-0.3, -0.25) is 4.79 Å². The van der Waals surface area contributed by atoms with E-state index in [1.165, 1.54) is 4.90 Å². The molecule has 3 aromatic carbocycles. The zero-order valence-corrected chi connectivity index (χ0v) is 26.8. The van der Waals surface area contributed by atoms with Crippen LogP contribution in [0.1, 0.15) is 48.3 Å². The number of nitrogens with zero attached hydrogens (tertiary/aromatic N) is 2. The maximum absolute atomic E-state index is 12.6. The van der Waals surface area contributed by atoms with Crippen molar-refractivity contribution in [3.05, 3.63) is 83.4 Å². The molecule has 252 valence electrons. The van der Waals surface area contributed by atoms with Crippen molar-refractivity contribution < 1.29 is 43.5 Å². The van der Waals surface area contributed by atoms with Gasteiger partial charge in [0.25, 0.3) is 5.91 Å². The van der Waals surface area contributed by atoms with E-state index in [9.17, 15) is 19.8 Å². The van der Waals surface area contributed by atoms with Gasteiger partial charge in [0.2, 0.25) is 0 Å². The predicted octanol–water partition coefficient (Wildman–Crippen LogP) is 5.23. The fourth-order valence-corrected chi connectivity index (χ4v) is 5.97. The molecular weight excluding hydrogens is 604 g/mol. The van der Waals surface area contributed by atoms with Gasteiger partial charge in [0.05, 0.1) is 51.9 Å². The molecule has 2 N–H and O–H groups in total. The van der Waals surface area contributed by atoms with E-state index < -0.39 is 6.09 Å². The summed E-state index contributed by atoms with van der Waals surface area (Å²) in [7, 11) is 1.65. The van der Waals surface area contributed by atoms with Crippen LogP contribution in [-0.4, -0.2) is 86.4 Å². The second kappa shape index (κ2) is 17.0. The molecule has 11 heteroatoms. The maximum Gasteiger partial charge on any atom is 0.407 e. The van der Waals surface area contributed by atoms with Crippen molar-refractivity contribution in [1.29, 1.82) is 0 Å². The number of methoxy groups -OCH3 is 1. The summed E-state index contributed by atoms with van der Waals surface area (Å²) in [4.78, 5) is 27.5. The molecule has 1 saturated heterocycles. The van der Waals surface area contributed by atoms with E-state index in [-0.39, 0.29) is 44.3 Å². The van der Waals surface area contributed by atoms with Crippen molar-refractivity contribution in [3.8, 4) is 17.2 Å². The zero-order valence-electron chi connectivity index (χ0n) is 26.8. The number of anilines is 1. The van der Waals surface area contributed by atoms with Gasteiger partial charge in [-0.1, -0.05) is 36.4 Å². The first kappa shape index (κ1) is 34.0. The number of carboxylic acid groups (broad SMARTS) is 1. The highest BCUT2D eigenvalue weighted by molar-refractivity contribution is 5.97. The van der Waals surface area contributed by atoms with Gasteiger partial charge in [0.15, 0.2) is 6.61 Å². The summed E-state index contributed by atoms with van der Waals surface area (Å²) in [6.07, 6.45) is 1.34. The second-order valence-corrected chi connectivity index (χ2v) is 11.7. The lowest BCUT2D eigenvalue weighted by Gasteiger charge is -2.37. The highest BCUT2D eigenvalue weighted by Crippen LogP contribution is 2.35. The summed E-state index contributed by atoms with van der Waals surface area (Å²) in [5.74, 6) is 2.08. The Balaban J connectivity index is 1.16. The number of fused-ring (bicyclic) bond motifs is 1. The number of unbranched alkanes of at least 4 members (excludes halogenated alkanes) is 1. The van der Waals surface area contributed by atoms with Crippen LogP contribution >= 0.6 is 0 Å². The van der Waals surface area contributed by atoms with Crippen molar-refractivity contribution in [2.75, 3.05) is 58.1 Å². The summed E-state index contributed by atoms with van der Waals surface area (Å²) in [5, 5.41) is 18.9. The molecule has 0 saturated carbocycles. The Labute approximate surface area is 275 Å². The lowest BCUT2D eigenvalue weighted by atomic mass is 9.87. The number of carbonyl (C=O) groups is 2. The minimum absolute atomic E-state index is 0.000506. The molecule has 0 aromatic heterocycles. The van der Waals surface area contributed by atoms with Crippen molar-refractivity contribution in [2.24, 2.45) is 0 Å². The van der Waals surface area contributed by atoms with Crippen LogP contribution in [0.3, 0.4) is 0 Å². The third-order valence-corrected chi connectivity index (χ3v) is 8.51. The first-order chi connectivity index (χ1) is 23.0. The monoisotopic (exact) mass is 648 g/mol. The molecule has 2 unspecified atom stereocenters. The standard InChI is InChI=1S/C36H44N2O9/c1-43-32-8-3-2-7-28(32)24-44-19-6-20-45-29-12-10-27(11-13-29)30-15-17-37(36(41)42)22-34(30)46-23-26-9-14-33-31(21-26)38(16-4-5-18-39)35(40)25-47-33/h2-3,7-14,21,30,34,39H,4-6,15-20,22-25H2,1H3,(H,41,42). The normalized spacial score (nSPS) is 17.6. The number of hydrogen-bond acceptors (Lipinski definition) is 8. The molecule has 0 spiro atoms. The summed E-state index contributed by atoms with van der Waals surface area (Å²) in [6, 6.07) is 21.4. The van der Waals surface area contributed by atoms with Gasteiger partial charge >= 0.3 is 6.09 Å². The Morgan fingerprint density at radius 1 is 1.00 bits per heavy atom. The predicted molar refractivity (Wildman–Crippen MR) is 175 cm³/mol. The lowest BCUT2D eigenvalue weighted by molar-refractivity contribution is -0.121. The third-order valence-electron chi connectivity index (χ3n) is 8.51. The SMILES string of the molecule is COc1ccccc1COCCCOc1ccc(C2CCN(C(=O)O)CC2OCc2ccc3c(c2)N(CCCCO)C(=O)CO3)cc1. The van der Waals surface area contributed by atoms with E-state index in [2.05, 4.69) is 0 Å². The molecule has 11 nitrogen and oxygen atoms in total. The van der Waals surface area contributed by atoms with Crippen molar-refractivity contribution in [2.45, 2.75) is 50.9 Å². The minimum Gasteiger partial charge on any atom is -0.496 e. The molecule has 5 rings (SSSR count). The Kier molecular flexibility index (Phi) is 12.3. The van der Waals surface area contributed by atoms with Gasteiger partial charge in [-0.2, -0.15) is 0 Å². The first-order valence-electron chi connectivity index (χ1n) is 16.2. The molecule has 2 amide bonds. The smallest absolute Gasteiger partial charge is 0.407 e. The quantitative estimate of drug-likeness (QED) is 0.201. The van der Waals surface area contributed by atoms with Crippen LogP contribution in [0, 0.1) is 0 Å². The van der Waals surface area contributed by atoms with Crippen LogP contribution in [0.2, 0.25) is 0 Å². The molecule has 0 bridgehead atoms. The Morgan fingerprint density at radius 3 is 2.62 bits per heavy atom. The van der Waals surface area contributed by atoms with E-state index in [4.69, 9.17) is 23.7 Å². The average molecular weight is 649 g/mol. The first-order valence-corrected chi connectivity index (χ1v) is 16.2. The number of aliphatic hydroxyl groups excluding tert-OH is 1. The molecule has 2 heterocycles. The lowest BCUT2D eigenvalue weighted by Crippen LogP contribution is -2.46. The number of likely N-dealkylation sites (tertiary alicyclic amines) is 1. The second-order valence-electron chi connectivity index (χ2n) is 11.7. The number of para-hydroxylation sites is 1. The van der Waals surface area contributed by atoms with Gasteiger partial charge in [-0.15, -0.1) is 0 Å². The van der Waals surface area contributed by atoms with Crippen LogP contribution in [0.5, 0.6) is 17.2 Å². The molecule has 2 atom stereocenters. The fraction of sp³-hybridized carbons (Fsp3) is 0.444. The summed E-state index contributed by atoms with van der Waals surface area (Å²) in [5.41, 5.74) is 3.61. The Hall–Kier alpha value is -4.32. The van der Waals surface area contributed by atoms with Gasteiger partial charge in [0.1, 0.15) is 17.2 Å². The van der Waals surface area contributed by atoms with E-state index in [0.717, 1.165) is 34.6 Å². The van der Waals surface area contributed by atoms with Crippen LogP contribution in [0.15, 0.2) is 66.7 Å². The number of carbonyl (C=O) groups excluding carboxylic acids is 1.